The predicted octanol–water partition coefficient (Wildman–Crippen LogP) is 1.01. The number of nitrogens with zero attached hydrogens (tertiary/aromatic N) is 2. The van der Waals surface area contributed by atoms with Crippen molar-refractivity contribution >= 4 is 35.1 Å². The Kier molecular flexibility index (Phi) is 4.86. The van der Waals surface area contributed by atoms with E-state index < -0.39 is 0 Å². The molecule has 0 radical (unpaired) electrons. The Morgan fingerprint density at radius 2 is 1.76 bits per heavy atom. The molecule has 6 nitrogen and oxygen atoms in total. The van der Waals surface area contributed by atoms with Gasteiger partial charge in [0.2, 0.25) is 0 Å². The number of oxime groups is 1. The third-order valence-electron chi connectivity index (χ3n) is 1.67. The number of aliphatic imine (C=N–C) groups is 1. The van der Waals surface area contributed by atoms with E-state index in [1.165, 1.54) is 0 Å². The second-order valence-corrected chi connectivity index (χ2v) is 3.77. The van der Waals surface area contributed by atoms with E-state index in [9.17, 15) is 0 Å². The highest BCUT2D eigenvalue weighted by atomic mass is 35.5. The fraction of sp³-hybridized carbons (Fsp3) is 0.111. The topological polar surface area (TPSA) is 112 Å². The van der Waals surface area contributed by atoms with Gasteiger partial charge in [0.1, 0.15) is 6.61 Å². The second kappa shape index (κ2) is 6.17. The summed E-state index contributed by atoms with van der Waals surface area (Å²) in [6.07, 6.45) is 0. The van der Waals surface area contributed by atoms with Gasteiger partial charge in [-0.3, -0.25) is 0 Å². The van der Waals surface area contributed by atoms with E-state index in [0.717, 1.165) is 0 Å². The molecular weight excluding hydrogens is 265 g/mol. The van der Waals surface area contributed by atoms with Crippen molar-refractivity contribution in [3.8, 4) is 0 Å². The van der Waals surface area contributed by atoms with E-state index >= 15 is 0 Å². The summed E-state index contributed by atoms with van der Waals surface area (Å²) in [6, 6.07) is 5.11. The van der Waals surface area contributed by atoms with Crippen molar-refractivity contribution in [2.24, 2.45) is 27.3 Å². The second-order valence-electron chi connectivity index (χ2n) is 2.96. The molecule has 8 heteroatoms. The summed E-state index contributed by atoms with van der Waals surface area (Å²) in [6.45, 7) is 0.0687. The minimum absolute atomic E-state index is 0.0687. The van der Waals surface area contributed by atoms with Crippen molar-refractivity contribution in [2.45, 2.75) is 6.61 Å². The molecule has 0 aliphatic carbocycles. The van der Waals surface area contributed by atoms with Gasteiger partial charge in [-0.15, -0.1) is 0 Å². The van der Waals surface area contributed by atoms with Crippen LogP contribution >= 0.6 is 23.2 Å². The monoisotopic (exact) mass is 275 g/mol. The van der Waals surface area contributed by atoms with Gasteiger partial charge in [0, 0.05) is 15.6 Å². The fourth-order valence-corrected chi connectivity index (χ4v) is 1.49. The van der Waals surface area contributed by atoms with Crippen LogP contribution in [0.1, 0.15) is 5.56 Å². The maximum absolute atomic E-state index is 5.92. The number of hydrogen-bond donors (Lipinski definition) is 3. The molecule has 17 heavy (non-hydrogen) atoms. The highest BCUT2D eigenvalue weighted by molar-refractivity contribution is 6.35. The maximum atomic E-state index is 5.92. The van der Waals surface area contributed by atoms with E-state index in [1.807, 2.05) is 0 Å². The Labute approximate surface area is 108 Å². The van der Waals surface area contributed by atoms with Crippen molar-refractivity contribution in [1.29, 1.82) is 0 Å². The number of hydrogen-bond acceptors (Lipinski definition) is 2. The average molecular weight is 276 g/mol. The molecule has 1 rings (SSSR count). The van der Waals surface area contributed by atoms with Crippen LogP contribution in [-0.2, 0) is 11.4 Å². The van der Waals surface area contributed by atoms with Gasteiger partial charge in [-0.25, -0.2) is 0 Å². The molecule has 0 saturated carbocycles. The Bertz CT molecular complexity index is 436. The van der Waals surface area contributed by atoms with Gasteiger partial charge in [-0.05, 0) is 17.3 Å². The zero-order valence-electron chi connectivity index (χ0n) is 8.73. The Morgan fingerprint density at radius 3 is 2.29 bits per heavy atom. The lowest BCUT2D eigenvalue weighted by Gasteiger charge is -2.05. The summed E-state index contributed by atoms with van der Waals surface area (Å²) in [5, 5.41) is 4.43. The number of halogens is 2. The van der Waals surface area contributed by atoms with Crippen LogP contribution in [0.2, 0.25) is 10.0 Å². The van der Waals surface area contributed by atoms with Crippen LogP contribution in [-0.4, -0.2) is 11.9 Å². The van der Waals surface area contributed by atoms with E-state index in [2.05, 4.69) is 10.1 Å². The predicted molar refractivity (Wildman–Crippen MR) is 68.7 cm³/mol. The first-order valence-corrected chi connectivity index (χ1v) is 5.24. The van der Waals surface area contributed by atoms with Crippen LogP contribution in [0.5, 0.6) is 0 Å². The molecule has 1 aromatic rings. The van der Waals surface area contributed by atoms with Gasteiger partial charge in [-0.2, -0.15) is 4.99 Å². The van der Waals surface area contributed by atoms with Crippen molar-refractivity contribution in [2.75, 3.05) is 0 Å². The molecule has 6 N–H and O–H groups in total. The highest BCUT2D eigenvalue weighted by Gasteiger charge is 2.05. The smallest absolute Gasteiger partial charge is 0.260 e. The summed E-state index contributed by atoms with van der Waals surface area (Å²) in [4.78, 5) is 8.38. The molecule has 0 amide bonds. The van der Waals surface area contributed by atoms with Gasteiger partial charge >= 0.3 is 0 Å². The molecule has 1 aromatic carbocycles. The Balaban J connectivity index is 2.66. The lowest BCUT2D eigenvalue weighted by Crippen LogP contribution is -2.26. The molecule has 0 aliphatic rings. The van der Waals surface area contributed by atoms with Gasteiger partial charge in [0.25, 0.3) is 5.96 Å². The van der Waals surface area contributed by atoms with Crippen molar-refractivity contribution in [1.82, 2.24) is 0 Å². The largest absolute Gasteiger partial charge is 0.388 e. The minimum atomic E-state index is -0.203. The summed E-state index contributed by atoms with van der Waals surface area (Å²) in [7, 11) is 0. The quantitative estimate of drug-likeness (QED) is 0.434. The van der Waals surface area contributed by atoms with E-state index in [-0.39, 0.29) is 18.5 Å². The fourth-order valence-electron chi connectivity index (χ4n) is 0.986. The first kappa shape index (κ1) is 13.4. The zero-order chi connectivity index (χ0) is 12.8. The summed E-state index contributed by atoms with van der Waals surface area (Å²) in [5.74, 6) is -0.390. The van der Waals surface area contributed by atoms with Crippen molar-refractivity contribution in [3.05, 3.63) is 33.8 Å². The normalized spacial score (nSPS) is 11.1. The third kappa shape index (κ3) is 4.38. The number of nitrogens with two attached hydrogens (primary N) is 3. The van der Waals surface area contributed by atoms with Gasteiger partial charge in [0.15, 0.2) is 5.96 Å². The number of rotatable bonds is 3. The number of benzene rings is 1. The highest BCUT2D eigenvalue weighted by Crippen LogP contribution is 2.24. The van der Waals surface area contributed by atoms with E-state index in [0.29, 0.717) is 15.6 Å². The molecule has 0 bridgehead atoms. The average Bonchev–Trinajstić information content (AvgIpc) is 2.21. The molecule has 0 unspecified atom stereocenters. The molecule has 0 aliphatic heterocycles. The SMILES string of the molecule is NC(N)=N/C(N)=N/OCc1c(Cl)cccc1Cl. The minimum Gasteiger partial charge on any atom is -0.388 e. The van der Waals surface area contributed by atoms with E-state index in [4.69, 9.17) is 45.2 Å². The summed E-state index contributed by atoms with van der Waals surface area (Å²) >= 11 is 11.8. The van der Waals surface area contributed by atoms with Crippen LogP contribution in [0, 0.1) is 0 Å². The van der Waals surface area contributed by atoms with Crippen LogP contribution in [0.15, 0.2) is 28.3 Å². The van der Waals surface area contributed by atoms with Gasteiger partial charge in [-0.1, -0.05) is 29.3 Å². The number of guanidine groups is 2. The van der Waals surface area contributed by atoms with Crippen LogP contribution in [0.25, 0.3) is 0 Å². The molecular formula is C9H11Cl2N5O. The van der Waals surface area contributed by atoms with Crippen LogP contribution < -0.4 is 17.2 Å². The zero-order valence-corrected chi connectivity index (χ0v) is 10.2. The molecule has 0 heterocycles. The molecule has 0 atom stereocenters. The molecule has 0 fully saturated rings. The molecule has 0 spiro atoms. The standard InChI is InChI=1S/C9H11Cl2N5O/c10-6-2-1-3-7(11)5(6)4-17-16-9(14)15-8(12)13/h1-3H,4H2,(H6,12,13,14,15,16). The van der Waals surface area contributed by atoms with Crippen molar-refractivity contribution in [3.63, 3.8) is 0 Å². The van der Waals surface area contributed by atoms with E-state index in [1.54, 1.807) is 18.2 Å². The molecule has 0 aromatic heterocycles. The maximum Gasteiger partial charge on any atom is 0.260 e. The first-order valence-electron chi connectivity index (χ1n) is 4.48. The summed E-state index contributed by atoms with van der Waals surface area (Å²) in [5.41, 5.74) is 16.1. The van der Waals surface area contributed by atoms with Gasteiger partial charge < -0.3 is 22.0 Å². The van der Waals surface area contributed by atoms with Crippen LogP contribution in [0.3, 0.4) is 0 Å². The van der Waals surface area contributed by atoms with Gasteiger partial charge in [0.05, 0.1) is 0 Å². The third-order valence-corrected chi connectivity index (χ3v) is 2.38. The van der Waals surface area contributed by atoms with Crippen LogP contribution in [0.4, 0.5) is 0 Å². The molecule has 0 saturated heterocycles. The Morgan fingerprint density at radius 1 is 1.18 bits per heavy atom. The first-order chi connectivity index (χ1) is 8.00. The van der Waals surface area contributed by atoms with Crippen molar-refractivity contribution < 1.29 is 4.84 Å². The Hall–Kier alpha value is -1.66. The summed E-state index contributed by atoms with van der Waals surface area (Å²) < 4.78 is 0. The molecule has 92 valence electrons. The lowest BCUT2D eigenvalue weighted by atomic mass is 10.2. The lowest BCUT2D eigenvalue weighted by molar-refractivity contribution is 0.130.